The summed E-state index contributed by atoms with van der Waals surface area (Å²) >= 11 is 1.29. The first-order valence-corrected chi connectivity index (χ1v) is 8.60. The third kappa shape index (κ3) is 4.11. The van der Waals surface area contributed by atoms with E-state index in [2.05, 4.69) is 15.0 Å². The van der Waals surface area contributed by atoms with Crippen molar-refractivity contribution in [3.8, 4) is 0 Å². The highest BCUT2D eigenvalue weighted by Crippen LogP contribution is 2.21. The molecule has 0 aliphatic heterocycles. The Morgan fingerprint density at radius 2 is 1.90 bits per heavy atom. The number of aromatic nitrogens is 1. The van der Waals surface area contributed by atoms with E-state index in [4.69, 9.17) is 0 Å². The van der Waals surface area contributed by atoms with Crippen LogP contribution in [0.5, 0.6) is 0 Å². The molecule has 0 aromatic carbocycles. The Bertz CT molecular complexity index is 639. The summed E-state index contributed by atoms with van der Waals surface area (Å²) in [5.41, 5.74) is 0.882. The molecule has 0 unspecified atom stereocenters. The summed E-state index contributed by atoms with van der Waals surface area (Å²) in [6, 6.07) is 7.06. The molecule has 2 aromatic rings. The van der Waals surface area contributed by atoms with Crippen LogP contribution in [0, 0.1) is 0 Å². The topological polar surface area (TPSA) is 71.1 Å². The van der Waals surface area contributed by atoms with Crippen molar-refractivity contribution in [2.75, 3.05) is 6.54 Å². The molecule has 0 aliphatic carbocycles. The van der Waals surface area contributed by atoms with Crippen LogP contribution in [0.1, 0.15) is 17.4 Å². The molecule has 108 valence electrons. The van der Waals surface area contributed by atoms with Crippen LogP contribution in [0.4, 0.5) is 0 Å². The highest BCUT2D eigenvalue weighted by Gasteiger charge is 2.16. The minimum atomic E-state index is -3.44. The molecule has 20 heavy (non-hydrogen) atoms. The normalized spacial score (nSPS) is 11.7. The van der Waals surface area contributed by atoms with Crippen LogP contribution in [-0.2, 0) is 23.1 Å². The smallest absolute Gasteiger partial charge is 0.250 e. The van der Waals surface area contributed by atoms with E-state index in [1.165, 1.54) is 11.3 Å². The van der Waals surface area contributed by atoms with E-state index in [0.717, 1.165) is 17.0 Å². The van der Waals surface area contributed by atoms with Crippen LogP contribution >= 0.6 is 11.3 Å². The van der Waals surface area contributed by atoms with Gasteiger partial charge in [0.05, 0.1) is 0 Å². The number of pyridine rings is 1. The van der Waals surface area contributed by atoms with Crippen LogP contribution in [0.3, 0.4) is 0 Å². The molecule has 0 saturated carbocycles. The highest BCUT2D eigenvalue weighted by atomic mass is 32.2. The van der Waals surface area contributed by atoms with Crippen molar-refractivity contribution in [3.05, 3.63) is 47.1 Å². The van der Waals surface area contributed by atoms with E-state index in [9.17, 15) is 8.42 Å². The van der Waals surface area contributed by atoms with Gasteiger partial charge in [0.2, 0.25) is 10.0 Å². The lowest BCUT2D eigenvalue weighted by molar-refractivity contribution is 0.583. The fourth-order valence-corrected chi connectivity index (χ4v) is 3.98. The Morgan fingerprint density at radius 3 is 2.60 bits per heavy atom. The summed E-state index contributed by atoms with van der Waals surface area (Å²) in [6.07, 6.45) is 3.28. The summed E-state index contributed by atoms with van der Waals surface area (Å²) in [7, 11) is -3.44. The fraction of sp³-hybridized carbons (Fsp3) is 0.308. The molecule has 2 rings (SSSR count). The van der Waals surface area contributed by atoms with E-state index < -0.39 is 10.0 Å². The second-order valence-corrected chi connectivity index (χ2v) is 7.34. The van der Waals surface area contributed by atoms with Crippen molar-refractivity contribution < 1.29 is 8.42 Å². The zero-order valence-electron chi connectivity index (χ0n) is 11.2. The average Bonchev–Trinajstić information content (AvgIpc) is 2.94. The number of nitrogens with zero attached hydrogens (tertiary/aromatic N) is 1. The maximum absolute atomic E-state index is 12.2. The summed E-state index contributed by atoms with van der Waals surface area (Å²) in [5, 5.41) is 3.18. The molecule has 2 aromatic heterocycles. The molecule has 2 heterocycles. The van der Waals surface area contributed by atoms with Gasteiger partial charge in [-0.25, -0.2) is 13.1 Å². The Hall–Kier alpha value is -1.28. The number of rotatable bonds is 7. The zero-order chi connectivity index (χ0) is 14.4. The monoisotopic (exact) mass is 311 g/mol. The standard InChI is InChI=1S/C13H17N3O2S2/c1-2-14-10-12-3-4-13(19-12)20(17,18)16-9-11-5-7-15-8-6-11/h3-8,14,16H,2,9-10H2,1H3. The quantitative estimate of drug-likeness (QED) is 0.817. The van der Waals surface area contributed by atoms with Crippen LogP contribution in [0.15, 0.2) is 40.9 Å². The lowest BCUT2D eigenvalue weighted by Gasteiger charge is -2.04. The van der Waals surface area contributed by atoms with Gasteiger partial charge in [0.15, 0.2) is 0 Å². The molecule has 0 bridgehead atoms. The predicted molar refractivity (Wildman–Crippen MR) is 80.0 cm³/mol. The van der Waals surface area contributed by atoms with Crippen LogP contribution in [0.25, 0.3) is 0 Å². The van der Waals surface area contributed by atoms with E-state index in [1.54, 1.807) is 30.6 Å². The third-order valence-corrected chi connectivity index (χ3v) is 5.65. The Kier molecular flexibility index (Phi) is 5.24. The molecule has 2 N–H and O–H groups in total. The van der Waals surface area contributed by atoms with Gasteiger partial charge in [0.25, 0.3) is 0 Å². The van der Waals surface area contributed by atoms with Gasteiger partial charge in [0, 0.05) is 30.4 Å². The minimum Gasteiger partial charge on any atom is -0.312 e. The van der Waals surface area contributed by atoms with Gasteiger partial charge in [-0.15, -0.1) is 11.3 Å². The molecule has 0 radical (unpaired) electrons. The fourth-order valence-electron chi connectivity index (χ4n) is 1.60. The van der Waals surface area contributed by atoms with Crippen molar-refractivity contribution in [1.29, 1.82) is 0 Å². The second kappa shape index (κ2) is 6.94. The van der Waals surface area contributed by atoms with Crippen LogP contribution in [-0.4, -0.2) is 19.9 Å². The molecule has 0 atom stereocenters. The van der Waals surface area contributed by atoms with Crippen molar-refractivity contribution >= 4 is 21.4 Å². The molecule has 7 heteroatoms. The summed E-state index contributed by atoms with van der Waals surface area (Å²) in [4.78, 5) is 4.91. The molecule has 0 amide bonds. The van der Waals surface area contributed by atoms with Gasteiger partial charge in [-0.1, -0.05) is 6.92 Å². The number of nitrogens with one attached hydrogen (secondary N) is 2. The molecular formula is C13H17N3O2S2. The maximum atomic E-state index is 12.2. The summed E-state index contributed by atoms with van der Waals surface area (Å²) in [6.45, 7) is 3.84. The van der Waals surface area contributed by atoms with Gasteiger partial charge in [0.1, 0.15) is 4.21 Å². The predicted octanol–water partition coefficient (Wildman–Crippen LogP) is 1.73. The average molecular weight is 311 g/mol. The van der Waals surface area contributed by atoms with E-state index >= 15 is 0 Å². The molecule has 0 fully saturated rings. The Morgan fingerprint density at radius 1 is 1.15 bits per heavy atom. The summed E-state index contributed by atoms with van der Waals surface area (Å²) < 4.78 is 27.3. The van der Waals surface area contributed by atoms with E-state index in [0.29, 0.717) is 10.8 Å². The lowest BCUT2D eigenvalue weighted by atomic mass is 10.3. The number of thiophene rings is 1. The first-order valence-electron chi connectivity index (χ1n) is 6.30. The number of hydrogen-bond acceptors (Lipinski definition) is 5. The minimum absolute atomic E-state index is 0.269. The van der Waals surface area contributed by atoms with Crippen LogP contribution < -0.4 is 10.0 Å². The van der Waals surface area contributed by atoms with Crippen molar-refractivity contribution in [1.82, 2.24) is 15.0 Å². The number of sulfonamides is 1. The Labute approximate surface area is 123 Å². The summed E-state index contributed by atoms with van der Waals surface area (Å²) in [5.74, 6) is 0. The van der Waals surface area contributed by atoms with Gasteiger partial charge in [-0.05, 0) is 36.4 Å². The first kappa shape index (κ1) is 15.1. The second-order valence-electron chi connectivity index (χ2n) is 4.18. The van der Waals surface area contributed by atoms with Crippen molar-refractivity contribution in [3.63, 3.8) is 0 Å². The molecule has 0 spiro atoms. The molecule has 0 aliphatic rings. The zero-order valence-corrected chi connectivity index (χ0v) is 12.8. The van der Waals surface area contributed by atoms with Gasteiger partial charge in [-0.3, -0.25) is 4.98 Å². The van der Waals surface area contributed by atoms with Crippen LogP contribution in [0.2, 0.25) is 0 Å². The molecule has 0 saturated heterocycles. The molecular weight excluding hydrogens is 294 g/mol. The number of hydrogen-bond donors (Lipinski definition) is 2. The lowest BCUT2D eigenvalue weighted by Crippen LogP contribution is -2.22. The Balaban J connectivity index is 2.01. The largest absolute Gasteiger partial charge is 0.312 e. The third-order valence-electron chi connectivity index (χ3n) is 2.67. The highest BCUT2D eigenvalue weighted by molar-refractivity contribution is 7.91. The van der Waals surface area contributed by atoms with Gasteiger partial charge >= 0.3 is 0 Å². The van der Waals surface area contributed by atoms with E-state index in [1.807, 2.05) is 13.0 Å². The first-order chi connectivity index (χ1) is 9.62. The van der Waals surface area contributed by atoms with Crippen molar-refractivity contribution in [2.45, 2.75) is 24.2 Å². The van der Waals surface area contributed by atoms with E-state index in [-0.39, 0.29) is 6.54 Å². The molecule has 5 nitrogen and oxygen atoms in total. The van der Waals surface area contributed by atoms with Gasteiger partial charge < -0.3 is 5.32 Å². The van der Waals surface area contributed by atoms with Gasteiger partial charge in [-0.2, -0.15) is 0 Å². The maximum Gasteiger partial charge on any atom is 0.250 e. The SMILES string of the molecule is CCNCc1ccc(S(=O)(=O)NCc2ccncc2)s1. The van der Waals surface area contributed by atoms with Crippen molar-refractivity contribution in [2.24, 2.45) is 0 Å².